The van der Waals surface area contributed by atoms with Crippen LogP contribution < -0.4 is 0 Å². The molecule has 2 aliphatic heterocycles. The van der Waals surface area contributed by atoms with Crippen molar-refractivity contribution in [2.75, 3.05) is 26.2 Å². The van der Waals surface area contributed by atoms with Crippen molar-refractivity contribution in [1.29, 1.82) is 0 Å². The fraction of sp³-hybridized carbons (Fsp3) is 0.333. The minimum absolute atomic E-state index is 0.199. The predicted octanol–water partition coefficient (Wildman–Crippen LogP) is 3.36. The zero-order valence-electron chi connectivity index (χ0n) is 16.3. The summed E-state index contributed by atoms with van der Waals surface area (Å²) in [5.74, 6) is -0.142. The molecule has 2 aromatic rings. The van der Waals surface area contributed by atoms with Crippen LogP contribution >= 0.6 is 11.8 Å². The average molecular weight is 448 g/mol. The summed E-state index contributed by atoms with van der Waals surface area (Å²) < 4.78 is 40.6. The Bertz CT molecular complexity index is 1070. The fourth-order valence-corrected chi connectivity index (χ4v) is 6.05. The third-order valence-corrected chi connectivity index (χ3v) is 8.14. The number of thioether (sulfide) groups is 1. The highest BCUT2D eigenvalue weighted by molar-refractivity contribution is 8.13. The molecule has 1 saturated heterocycles. The Hall–Kier alpha value is -2.23. The minimum atomic E-state index is -3.51. The van der Waals surface area contributed by atoms with Crippen LogP contribution in [0.4, 0.5) is 4.39 Å². The van der Waals surface area contributed by atoms with Crippen LogP contribution in [-0.2, 0) is 15.8 Å². The van der Waals surface area contributed by atoms with Gasteiger partial charge in [0.15, 0.2) is 5.17 Å². The quantitative estimate of drug-likeness (QED) is 0.705. The van der Waals surface area contributed by atoms with Gasteiger partial charge in [0.1, 0.15) is 5.82 Å². The maximum absolute atomic E-state index is 13.8. The second-order valence-electron chi connectivity index (χ2n) is 7.14. The van der Waals surface area contributed by atoms with Crippen LogP contribution in [0.25, 0.3) is 0 Å². The Morgan fingerprint density at radius 3 is 2.43 bits per heavy atom. The number of amidine groups is 1. The number of amides is 1. The van der Waals surface area contributed by atoms with Gasteiger partial charge < -0.3 is 0 Å². The second-order valence-corrected chi connectivity index (χ2v) is 10.0. The summed E-state index contributed by atoms with van der Waals surface area (Å²) in [7, 11) is -3.51. The average Bonchev–Trinajstić information content (AvgIpc) is 3.45. The van der Waals surface area contributed by atoms with Crippen molar-refractivity contribution in [3.05, 3.63) is 65.5 Å². The van der Waals surface area contributed by atoms with E-state index in [4.69, 9.17) is 0 Å². The molecule has 30 heavy (non-hydrogen) atoms. The van der Waals surface area contributed by atoms with Gasteiger partial charge in [-0.05, 0) is 48.7 Å². The fourth-order valence-electron chi connectivity index (χ4n) is 3.50. The summed E-state index contributed by atoms with van der Waals surface area (Å²) in [4.78, 5) is 19.1. The summed E-state index contributed by atoms with van der Waals surface area (Å²) in [5.41, 5.74) is 0.956. The first-order valence-electron chi connectivity index (χ1n) is 9.79. The van der Waals surface area contributed by atoms with E-state index < -0.39 is 10.0 Å². The van der Waals surface area contributed by atoms with Crippen LogP contribution in [0.1, 0.15) is 28.8 Å². The molecular weight excluding hydrogens is 425 g/mol. The molecule has 2 heterocycles. The number of sulfonamides is 1. The van der Waals surface area contributed by atoms with Crippen molar-refractivity contribution in [3.8, 4) is 0 Å². The van der Waals surface area contributed by atoms with Crippen LogP contribution in [0.3, 0.4) is 0 Å². The van der Waals surface area contributed by atoms with Gasteiger partial charge in [-0.3, -0.25) is 14.7 Å². The number of rotatable bonds is 5. The maximum atomic E-state index is 13.8. The molecule has 9 heteroatoms. The molecule has 0 aliphatic carbocycles. The molecule has 0 bridgehead atoms. The molecule has 0 saturated carbocycles. The first kappa shape index (κ1) is 21.0. The third-order valence-electron chi connectivity index (χ3n) is 5.17. The smallest absolute Gasteiger partial charge is 0.259 e. The van der Waals surface area contributed by atoms with E-state index in [0.29, 0.717) is 48.2 Å². The molecule has 2 aliphatic rings. The Balaban J connectivity index is 1.44. The third kappa shape index (κ3) is 4.28. The van der Waals surface area contributed by atoms with Crippen molar-refractivity contribution in [3.63, 3.8) is 0 Å². The van der Waals surface area contributed by atoms with Crippen LogP contribution in [0.2, 0.25) is 0 Å². The van der Waals surface area contributed by atoms with E-state index in [9.17, 15) is 17.6 Å². The number of carbonyl (C=O) groups is 1. The minimum Gasteiger partial charge on any atom is -0.286 e. The molecule has 0 spiro atoms. The number of nitrogens with zero attached hydrogens (tertiary/aromatic N) is 3. The van der Waals surface area contributed by atoms with Crippen LogP contribution in [-0.4, -0.2) is 54.9 Å². The van der Waals surface area contributed by atoms with Gasteiger partial charge in [-0.25, -0.2) is 12.8 Å². The summed E-state index contributed by atoms with van der Waals surface area (Å²) in [6.45, 7) is 2.02. The highest BCUT2D eigenvalue weighted by Gasteiger charge is 2.29. The second kappa shape index (κ2) is 8.87. The molecule has 0 atom stereocenters. The zero-order chi connectivity index (χ0) is 21.1. The lowest BCUT2D eigenvalue weighted by molar-refractivity contribution is 0.0860. The van der Waals surface area contributed by atoms with E-state index in [1.807, 2.05) is 0 Å². The molecule has 1 amide bonds. The largest absolute Gasteiger partial charge is 0.286 e. The van der Waals surface area contributed by atoms with E-state index in [1.165, 1.54) is 34.3 Å². The van der Waals surface area contributed by atoms with E-state index in [1.54, 1.807) is 35.2 Å². The van der Waals surface area contributed by atoms with Crippen LogP contribution in [0.15, 0.2) is 58.4 Å². The Morgan fingerprint density at radius 1 is 1.03 bits per heavy atom. The van der Waals surface area contributed by atoms with Gasteiger partial charge in [0.25, 0.3) is 5.91 Å². The molecule has 0 radical (unpaired) electrons. The number of hydrogen-bond donors (Lipinski definition) is 0. The van der Waals surface area contributed by atoms with Crippen molar-refractivity contribution in [2.45, 2.75) is 23.5 Å². The maximum Gasteiger partial charge on any atom is 0.259 e. The number of benzene rings is 2. The summed E-state index contributed by atoms with van der Waals surface area (Å²) in [6.07, 6.45) is 1.74. The monoisotopic (exact) mass is 447 g/mol. The van der Waals surface area contributed by atoms with Crippen molar-refractivity contribution in [2.24, 2.45) is 4.99 Å². The molecule has 158 valence electrons. The predicted molar refractivity (Wildman–Crippen MR) is 115 cm³/mol. The van der Waals surface area contributed by atoms with Crippen LogP contribution in [0.5, 0.6) is 0 Å². The van der Waals surface area contributed by atoms with E-state index >= 15 is 0 Å². The molecule has 2 aromatic carbocycles. The first-order chi connectivity index (χ1) is 14.5. The van der Waals surface area contributed by atoms with E-state index in [2.05, 4.69) is 4.99 Å². The highest BCUT2D eigenvalue weighted by Crippen LogP contribution is 2.24. The summed E-state index contributed by atoms with van der Waals surface area (Å²) in [6, 6.07) is 12.6. The molecule has 0 aromatic heterocycles. The lowest BCUT2D eigenvalue weighted by atomic mass is 10.2. The van der Waals surface area contributed by atoms with Gasteiger partial charge in [0.05, 0.1) is 11.4 Å². The summed E-state index contributed by atoms with van der Waals surface area (Å²) >= 11 is 1.32. The Labute approximate surface area is 179 Å². The van der Waals surface area contributed by atoms with Gasteiger partial charge in [-0.1, -0.05) is 30.0 Å². The van der Waals surface area contributed by atoms with E-state index in [-0.39, 0.29) is 16.6 Å². The van der Waals surface area contributed by atoms with Gasteiger partial charge in [-0.2, -0.15) is 4.31 Å². The number of aliphatic imine (C=N–C) groups is 1. The van der Waals surface area contributed by atoms with Gasteiger partial charge in [-0.15, -0.1) is 0 Å². The van der Waals surface area contributed by atoms with Gasteiger partial charge in [0, 0.05) is 31.0 Å². The highest BCUT2D eigenvalue weighted by atomic mass is 32.2. The van der Waals surface area contributed by atoms with Gasteiger partial charge in [0.2, 0.25) is 10.0 Å². The Kier molecular flexibility index (Phi) is 6.21. The summed E-state index contributed by atoms with van der Waals surface area (Å²) in [5, 5.41) is 0.553. The zero-order valence-corrected chi connectivity index (χ0v) is 18.0. The number of halogens is 1. The normalized spacial score (nSPS) is 17.4. The molecule has 1 fully saturated rings. The molecular formula is C21H22FN3O3S2. The SMILES string of the molecule is O=C(c1ccc(S(=O)(=O)N2CCCC2)cc1)N1CCN=C1SCc1ccccc1F. The van der Waals surface area contributed by atoms with Crippen molar-refractivity contribution < 1.29 is 17.6 Å². The standard InChI is InChI=1S/C21H22FN3O3S2/c22-19-6-2-1-5-17(19)15-29-21-23-11-14-25(21)20(26)16-7-9-18(10-8-16)30(27,28)24-12-3-4-13-24/h1-2,5-10H,3-4,11-15H2. The van der Waals surface area contributed by atoms with Crippen LogP contribution in [0, 0.1) is 5.82 Å². The van der Waals surface area contributed by atoms with Crippen molar-refractivity contribution >= 4 is 32.9 Å². The topological polar surface area (TPSA) is 70.1 Å². The first-order valence-corrected chi connectivity index (χ1v) is 12.2. The molecule has 6 nitrogen and oxygen atoms in total. The molecule has 0 unspecified atom stereocenters. The lowest BCUT2D eigenvalue weighted by Crippen LogP contribution is -2.33. The number of carbonyl (C=O) groups excluding carboxylic acids is 1. The Morgan fingerprint density at radius 2 is 1.73 bits per heavy atom. The van der Waals surface area contributed by atoms with E-state index in [0.717, 1.165) is 12.8 Å². The lowest BCUT2D eigenvalue weighted by Gasteiger charge is -2.19. The van der Waals surface area contributed by atoms with Gasteiger partial charge >= 0.3 is 0 Å². The molecule has 0 N–H and O–H groups in total. The molecule has 4 rings (SSSR count). The number of hydrogen-bond acceptors (Lipinski definition) is 5. The van der Waals surface area contributed by atoms with Crippen molar-refractivity contribution in [1.82, 2.24) is 9.21 Å².